The molecule has 0 spiro atoms. The molecule has 2 aromatic heterocycles. The topological polar surface area (TPSA) is 74.3 Å². The van der Waals surface area contributed by atoms with Crippen molar-refractivity contribution in [2.75, 3.05) is 0 Å². The second-order valence-corrected chi connectivity index (χ2v) is 4.59. The lowest BCUT2D eigenvalue weighted by Crippen LogP contribution is -2.25. The standard InChI is InChI=1S/C9H12N4OS/c1-3-9(2,14)6-4-7(10)15-8-11-5-12-13(6)8/h4-5,10,14H,3H2,1-2H3. The minimum Gasteiger partial charge on any atom is -0.384 e. The van der Waals surface area contributed by atoms with E-state index in [1.807, 2.05) is 6.92 Å². The van der Waals surface area contributed by atoms with Crippen LogP contribution in [0, 0.1) is 5.41 Å². The molecule has 6 heteroatoms. The van der Waals surface area contributed by atoms with Gasteiger partial charge >= 0.3 is 0 Å². The van der Waals surface area contributed by atoms with E-state index in [0.717, 1.165) is 0 Å². The maximum atomic E-state index is 10.2. The molecule has 1 atom stereocenters. The van der Waals surface area contributed by atoms with Gasteiger partial charge < -0.3 is 5.11 Å². The molecule has 0 bridgehead atoms. The van der Waals surface area contributed by atoms with Gasteiger partial charge in [-0.15, -0.1) is 0 Å². The summed E-state index contributed by atoms with van der Waals surface area (Å²) in [4.78, 5) is 4.66. The van der Waals surface area contributed by atoms with E-state index in [9.17, 15) is 5.11 Å². The van der Waals surface area contributed by atoms with Gasteiger partial charge in [0.1, 0.15) is 16.6 Å². The van der Waals surface area contributed by atoms with Gasteiger partial charge in [0.25, 0.3) is 0 Å². The Kier molecular flexibility index (Phi) is 2.32. The Balaban J connectivity index is 2.79. The van der Waals surface area contributed by atoms with Crippen molar-refractivity contribution in [1.29, 1.82) is 5.41 Å². The summed E-state index contributed by atoms with van der Waals surface area (Å²) < 4.78 is 1.96. The molecule has 1 unspecified atom stereocenters. The number of hydrogen-bond acceptors (Lipinski definition) is 5. The molecule has 0 aliphatic rings. The first-order valence-electron chi connectivity index (χ1n) is 4.66. The van der Waals surface area contributed by atoms with Gasteiger partial charge in [-0.2, -0.15) is 5.10 Å². The largest absolute Gasteiger partial charge is 0.384 e. The highest BCUT2D eigenvalue weighted by Gasteiger charge is 2.24. The van der Waals surface area contributed by atoms with E-state index in [4.69, 9.17) is 5.41 Å². The zero-order valence-electron chi connectivity index (χ0n) is 8.56. The summed E-state index contributed by atoms with van der Waals surface area (Å²) in [6, 6.07) is 1.63. The lowest BCUT2D eigenvalue weighted by Gasteiger charge is -2.21. The summed E-state index contributed by atoms with van der Waals surface area (Å²) >= 11 is 1.23. The van der Waals surface area contributed by atoms with Crippen molar-refractivity contribution < 1.29 is 5.11 Å². The second kappa shape index (κ2) is 3.39. The van der Waals surface area contributed by atoms with Gasteiger partial charge in [0.05, 0.1) is 5.69 Å². The molecular formula is C9H12N4OS. The van der Waals surface area contributed by atoms with E-state index >= 15 is 0 Å². The molecule has 0 aliphatic carbocycles. The molecule has 0 saturated heterocycles. The smallest absolute Gasteiger partial charge is 0.214 e. The molecule has 0 saturated carbocycles. The average Bonchev–Trinajstić information content (AvgIpc) is 2.63. The maximum Gasteiger partial charge on any atom is 0.214 e. The van der Waals surface area contributed by atoms with Crippen LogP contribution in [0.2, 0.25) is 0 Å². The fraction of sp³-hybridized carbons (Fsp3) is 0.444. The molecule has 80 valence electrons. The number of aliphatic hydroxyl groups is 1. The van der Waals surface area contributed by atoms with Crippen molar-refractivity contribution in [1.82, 2.24) is 14.6 Å². The summed E-state index contributed by atoms with van der Waals surface area (Å²) in [6.07, 6.45) is 2.00. The highest BCUT2D eigenvalue weighted by molar-refractivity contribution is 7.14. The first kappa shape index (κ1) is 10.3. The van der Waals surface area contributed by atoms with E-state index in [2.05, 4.69) is 10.1 Å². The molecule has 0 aromatic carbocycles. The van der Waals surface area contributed by atoms with Crippen molar-refractivity contribution in [3.63, 3.8) is 0 Å². The van der Waals surface area contributed by atoms with Gasteiger partial charge in [0, 0.05) is 0 Å². The SMILES string of the molecule is CCC(C)(O)c1cc(=N)sc2ncnn12. The van der Waals surface area contributed by atoms with Gasteiger partial charge in [0.15, 0.2) is 0 Å². The molecular weight excluding hydrogens is 212 g/mol. The minimum absolute atomic E-state index is 0.374. The van der Waals surface area contributed by atoms with Crippen LogP contribution in [0.5, 0.6) is 0 Å². The highest BCUT2D eigenvalue weighted by Crippen LogP contribution is 2.23. The third-order valence-corrected chi connectivity index (χ3v) is 3.25. The number of nitrogens with zero attached hydrogens (tertiary/aromatic N) is 3. The van der Waals surface area contributed by atoms with Gasteiger partial charge in [-0.25, -0.2) is 9.50 Å². The van der Waals surface area contributed by atoms with Crippen molar-refractivity contribution in [2.45, 2.75) is 25.9 Å². The molecule has 5 nitrogen and oxygen atoms in total. The number of nitrogens with one attached hydrogen (secondary N) is 1. The Morgan fingerprint density at radius 3 is 3.07 bits per heavy atom. The molecule has 0 radical (unpaired) electrons. The maximum absolute atomic E-state index is 10.2. The van der Waals surface area contributed by atoms with Crippen LogP contribution in [0.1, 0.15) is 26.0 Å². The zero-order chi connectivity index (χ0) is 11.1. The lowest BCUT2D eigenvalue weighted by atomic mass is 9.99. The Morgan fingerprint density at radius 1 is 1.67 bits per heavy atom. The van der Waals surface area contributed by atoms with Crippen LogP contribution >= 0.6 is 11.3 Å². The predicted molar refractivity (Wildman–Crippen MR) is 56.6 cm³/mol. The van der Waals surface area contributed by atoms with Crippen LogP contribution in [-0.2, 0) is 5.60 Å². The monoisotopic (exact) mass is 224 g/mol. The molecule has 2 aromatic rings. The van der Waals surface area contributed by atoms with E-state index < -0.39 is 5.60 Å². The third kappa shape index (κ3) is 1.66. The number of aromatic nitrogens is 3. The van der Waals surface area contributed by atoms with Crippen LogP contribution in [0.15, 0.2) is 12.4 Å². The van der Waals surface area contributed by atoms with Gasteiger partial charge in [-0.3, -0.25) is 5.41 Å². The Hall–Kier alpha value is -1.27. The summed E-state index contributed by atoms with van der Waals surface area (Å²) in [5, 5.41) is 21.9. The van der Waals surface area contributed by atoms with Gasteiger partial charge in [-0.1, -0.05) is 18.3 Å². The number of rotatable bonds is 2. The van der Waals surface area contributed by atoms with Crippen LogP contribution in [0.4, 0.5) is 0 Å². The molecule has 15 heavy (non-hydrogen) atoms. The third-order valence-electron chi connectivity index (χ3n) is 2.45. The predicted octanol–water partition coefficient (Wildman–Crippen LogP) is 0.888. The van der Waals surface area contributed by atoms with Crippen LogP contribution in [0.25, 0.3) is 4.96 Å². The second-order valence-electron chi connectivity index (χ2n) is 3.58. The van der Waals surface area contributed by atoms with Crippen molar-refractivity contribution in [3.8, 4) is 0 Å². The van der Waals surface area contributed by atoms with Crippen molar-refractivity contribution >= 4 is 16.3 Å². The van der Waals surface area contributed by atoms with E-state index in [0.29, 0.717) is 21.7 Å². The average molecular weight is 224 g/mol. The minimum atomic E-state index is -0.976. The fourth-order valence-electron chi connectivity index (χ4n) is 1.34. The first-order valence-corrected chi connectivity index (χ1v) is 5.47. The summed E-state index contributed by atoms with van der Waals surface area (Å²) in [5.41, 5.74) is -0.364. The normalized spacial score (nSPS) is 15.4. The molecule has 2 N–H and O–H groups in total. The Morgan fingerprint density at radius 2 is 2.40 bits per heavy atom. The fourth-order valence-corrected chi connectivity index (χ4v) is 2.04. The quantitative estimate of drug-likeness (QED) is 0.795. The van der Waals surface area contributed by atoms with Crippen molar-refractivity contribution in [2.24, 2.45) is 0 Å². The Labute approximate surface area is 90.5 Å². The van der Waals surface area contributed by atoms with E-state index in [-0.39, 0.29) is 0 Å². The first-order chi connectivity index (χ1) is 7.04. The summed E-state index contributed by atoms with van der Waals surface area (Å²) in [6.45, 7) is 3.61. The van der Waals surface area contributed by atoms with Crippen LogP contribution in [0.3, 0.4) is 0 Å². The summed E-state index contributed by atoms with van der Waals surface area (Å²) in [7, 11) is 0. The number of hydrogen-bond donors (Lipinski definition) is 2. The summed E-state index contributed by atoms with van der Waals surface area (Å²) in [5.74, 6) is 0. The Bertz CT molecular complexity index is 542. The lowest BCUT2D eigenvalue weighted by molar-refractivity contribution is 0.0463. The van der Waals surface area contributed by atoms with E-state index in [1.54, 1.807) is 17.5 Å². The van der Waals surface area contributed by atoms with Gasteiger partial charge in [-0.05, 0) is 19.4 Å². The number of fused-ring (bicyclic) bond motifs is 1. The van der Waals surface area contributed by atoms with Crippen molar-refractivity contribution in [3.05, 3.63) is 22.8 Å². The molecule has 0 fully saturated rings. The van der Waals surface area contributed by atoms with Gasteiger partial charge in [0.2, 0.25) is 4.96 Å². The molecule has 2 rings (SSSR count). The zero-order valence-corrected chi connectivity index (χ0v) is 9.38. The molecule has 0 amide bonds. The molecule has 0 aliphatic heterocycles. The van der Waals surface area contributed by atoms with Crippen LogP contribution in [-0.4, -0.2) is 19.7 Å². The highest BCUT2D eigenvalue weighted by atomic mass is 32.1. The van der Waals surface area contributed by atoms with Crippen LogP contribution < -0.4 is 4.67 Å². The van der Waals surface area contributed by atoms with E-state index in [1.165, 1.54) is 17.7 Å². The molecule has 2 heterocycles.